The quantitative estimate of drug-likeness (QED) is 0.641. The predicted molar refractivity (Wildman–Crippen MR) is 119 cm³/mol. The maximum atomic E-state index is 12.8. The van der Waals surface area contributed by atoms with Crippen molar-refractivity contribution in [3.05, 3.63) is 59.7 Å². The number of aryl methyl sites for hydroxylation is 1. The molecule has 0 aliphatic carbocycles. The first-order valence-corrected chi connectivity index (χ1v) is 12.5. The molecule has 35 heavy (non-hydrogen) atoms. The first-order valence-electron chi connectivity index (χ1n) is 10.9. The maximum Gasteiger partial charge on any atom is 0.573 e. The van der Waals surface area contributed by atoms with Gasteiger partial charge in [-0.1, -0.05) is 12.1 Å². The van der Waals surface area contributed by atoms with E-state index in [1.807, 2.05) is 0 Å². The van der Waals surface area contributed by atoms with Crippen LogP contribution in [0.25, 0.3) is 0 Å². The van der Waals surface area contributed by atoms with Crippen molar-refractivity contribution in [2.45, 2.75) is 24.1 Å². The number of sulfonamides is 1. The summed E-state index contributed by atoms with van der Waals surface area (Å²) in [6, 6.07) is 10.9. The molecule has 188 valence electrons. The number of alkyl halides is 3. The number of primary sulfonamides is 1. The van der Waals surface area contributed by atoms with Crippen LogP contribution in [-0.4, -0.2) is 62.6 Å². The number of likely N-dealkylation sites (tertiary alicyclic amines) is 2. The first-order chi connectivity index (χ1) is 16.4. The molecule has 0 aromatic heterocycles. The molecule has 2 N–H and O–H groups in total. The number of carbonyl (C=O) groups excluding carboxylic acids is 2. The van der Waals surface area contributed by atoms with Crippen molar-refractivity contribution in [3.8, 4) is 5.75 Å². The largest absolute Gasteiger partial charge is 0.573 e. The van der Waals surface area contributed by atoms with Crippen LogP contribution >= 0.6 is 0 Å². The minimum atomic E-state index is -4.75. The number of nitrogens with two attached hydrogens (primary N) is 1. The fraction of sp³-hybridized carbons (Fsp3) is 0.391. The highest BCUT2D eigenvalue weighted by Gasteiger charge is 2.43. The maximum absolute atomic E-state index is 12.8. The Morgan fingerprint density at radius 3 is 1.97 bits per heavy atom. The Balaban J connectivity index is 1.26. The fourth-order valence-corrected chi connectivity index (χ4v) is 5.11. The van der Waals surface area contributed by atoms with Gasteiger partial charge in [-0.25, -0.2) is 13.6 Å². The van der Waals surface area contributed by atoms with Crippen molar-refractivity contribution in [2.75, 3.05) is 26.2 Å². The number of hydrogen-bond acceptors (Lipinski definition) is 5. The van der Waals surface area contributed by atoms with Gasteiger partial charge in [0, 0.05) is 50.0 Å². The number of nitrogens with zero attached hydrogens (tertiary/aromatic N) is 2. The second-order valence-corrected chi connectivity index (χ2v) is 10.4. The molecule has 4 rings (SSSR count). The zero-order valence-corrected chi connectivity index (χ0v) is 19.4. The molecule has 2 saturated heterocycles. The van der Waals surface area contributed by atoms with E-state index < -0.39 is 16.4 Å². The Morgan fingerprint density at radius 1 is 0.914 bits per heavy atom. The third-order valence-electron chi connectivity index (χ3n) is 6.34. The molecule has 2 aromatic carbocycles. The zero-order valence-electron chi connectivity index (χ0n) is 18.6. The summed E-state index contributed by atoms with van der Waals surface area (Å²) in [4.78, 5) is 28.9. The van der Waals surface area contributed by atoms with Crippen molar-refractivity contribution in [1.29, 1.82) is 0 Å². The molecule has 2 atom stereocenters. The summed E-state index contributed by atoms with van der Waals surface area (Å²) in [6.45, 7) is 2.09. The number of carbonyl (C=O) groups is 2. The van der Waals surface area contributed by atoms with E-state index >= 15 is 0 Å². The average Bonchev–Trinajstić information content (AvgIpc) is 3.36. The molecular formula is C23H24F3N3O5S. The van der Waals surface area contributed by atoms with Crippen LogP contribution < -0.4 is 9.88 Å². The summed E-state index contributed by atoms with van der Waals surface area (Å²) in [5, 5.41) is 5.09. The third kappa shape index (κ3) is 6.12. The molecule has 1 unspecified atom stereocenters. The lowest BCUT2D eigenvalue weighted by molar-refractivity contribution is -0.274. The van der Waals surface area contributed by atoms with E-state index in [-0.39, 0.29) is 40.7 Å². The van der Waals surface area contributed by atoms with Crippen molar-refractivity contribution in [1.82, 2.24) is 9.80 Å². The molecule has 0 bridgehead atoms. The van der Waals surface area contributed by atoms with E-state index in [0.29, 0.717) is 38.2 Å². The Labute approximate surface area is 200 Å². The second-order valence-electron chi connectivity index (χ2n) is 8.79. The van der Waals surface area contributed by atoms with Crippen LogP contribution in [0.2, 0.25) is 0 Å². The van der Waals surface area contributed by atoms with Crippen LogP contribution in [0, 0.1) is 11.8 Å². The summed E-state index contributed by atoms with van der Waals surface area (Å²) in [5.74, 6) is -0.224. The van der Waals surface area contributed by atoms with Gasteiger partial charge in [0.1, 0.15) is 5.75 Å². The van der Waals surface area contributed by atoms with Gasteiger partial charge < -0.3 is 14.5 Å². The van der Waals surface area contributed by atoms with Crippen molar-refractivity contribution in [2.24, 2.45) is 17.0 Å². The molecule has 2 aliphatic rings. The highest BCUT2D eigenvalue weighted by Crippen LogP contribution is 2.32. The Bertz CT molecular complexity index is 1190. The molecule has 0 saturated carbocycles. The highest BCUT2D eigenvalue weighted by molar-refractivity contribution is 7.89. The summed E-state index contributed by atoms with van der Waals surface area (Å²) < 4.78 is 63.4. The number of amides is 2. The molecule has 0 radical (unpaired) electrons. The van der Waals surface area contributed by atoms with Crippen LogP contribution in [0.4, 0.5) is 13.2 Å². The van der Waals surface area contributed by atoms with E-state index in [9.17, 15) is 31.2 Å². The minimum absolute atomic E-state index is 0.0357. The van der Waals surface area contributed by atoms with Crippen molar-refractivity contribution >= 4 is 21.8 Å². The number of benzene rings is 2. The van der Waals surface area contributed by atoms with Gasteiger partial charge in [0.2, 0.25) is 15.9 Å². The number of fused-ring (bicyclic) bond motifs is 1. The van der Waals surface area contributed by atoms with E-state index in [2.05, 4.69) is 4.74 Å². The molecular weight excluding hydrogens is 487 g/mol. The topological polar surface area (TPSA) is 110 Å². The molecule has 12 heteroatoms. The lowest BCUT2D eigenvalue weighted by atomic mass is 10.0. The smallest absolute Gasteiger partial charge is 0.406 e. The first kappa shape index (κ1) is 25.0. The van der Waals surface area contributed by atoms with Crippen LogP contribution in [0.1, 0.15) is 22.3 Å². The van der Waals surface area contributed by atoms with Gasteiger partial charge in [-0.3, -0.25) is 9.59 Å². The Morgan fingerprint density at radius 2 is 1.46 bits per heavy atom. The summed E-state index contributed by atoms with van der Waals surface area (Å²) in [6.07, 6.45) is -4.11. The number of ether oxygens (including phenoxy) is 1. The number of halogens is 3. The molecule has 8 nitrogen and oxygen atoms in total. The van der Waals surface area contributed by atoms with Gasteiger partial charge in [-0.15, -0.1) is 13.2 Å². The van der Waals surface area contributed by atoms with Gasteiger partial charge in [0.15, 0.2) is 0 Å². The molecule has 0 spiro atoms. The summed E-state index contributed by atoms with van der Waals surface area (Å²) in [7, 11) is -3.83. The van der Waals surface area contributed by atoms with Gasteiger partial charge in [0.05, 0.1) is 4.90 Å². The van der Waals surface area contributed by atoms with Crippen LogP contribution in [0.3, 0.4) is 0 Å². The molecule has 2 aliphatic heterocycles. The van der Waals surface area contributed by atoms with Crippen LogP contribution in [-0.2, 0) is 21.2 Å². The van der Waals surface area contributed by atoms with E-state index in [1.165, 1.54) is 48.5 Å². The molecule has 2 amide bonds. The molecule has 2 heterocycles. The van der Waals surface area contributed by atoms with E-state index in [4.69, 9.17) is 5.14 Å². The normalized spacial score (nSPS) is 20.1. The third-order valence-corrected chi connectivity index (χ3v) is 7.27. The molecule has 2 aromatic rings. The Kier molecular flexibility index (Phi) is 6.78. The van der Waals surface area contributed by atoms with Crippen molar-refractivity contribution in [3.63, 3.8) is 0 Å². The van der Waals surface area contributed by atoms with Crippen LogP contribution in [0.15, 0.2) is 53.4 Å². The number of rotatable bonds is 6. The predicted octanol–water partition coefficient (Wildman–Crippen LogP) is 2.40. The Hall–Kier alpha value is -3.12. The van der Waals surface area contributed by atoms with Gasteiger partial charge in [0.25, 0.3) is 5.91 Å². The van der Waals surface area contributed by atoms with Gasteiger partial charge in [-0.05, 0) is 48.4 Å². The van der Waals surface area contributed by atoms with E-state index in [0.717, 1.165) is 5.56 Å². The van der Waals surface area contributed by atoms with Crippen LogP contribution in [0.5, 0.6) is 5.75 Å². The average molecular weight is 512 g/mol. The lowest BCUT2D eigenvalue weighted by Crippen LogP contribution is -2.35. The monoisotopic (exact) mass is 511 g/mol. The summed E-state index contributed by atoms with van der Waals surface area (Å²) >= 11 is 0. The number of hydrogen-bond donors (Lipinski definition) is 1. The zero-order chi connectivity index (χ0) is 25.4. The highest BCUT2D eigenvalue weighted by atomic mass is 32.2. The summed E-state index contributed by atoms with van der Waals surface area (Å²) in [5.41, 5.74) is 1.11. The molecule has 2 fully saturated rings. The SMILES string of the molecule is NS(=O)(=O)c1ccc(C(=O)N2CC3CN(C(=O)CCc4ccc(OC(F)(F)F)cc4)C[C@@H]3C2)cc1. The van der Waals surface area contributed by atoms with Gasteiger partial charge in [-0.2, -0.15) is 0 Å². The van der Waals surface area contributed by atoms with Crippen molar-refractivity contribution < 1.29 is 35.9 Å². The standard InChI is InChI=1S/C23H24F3N3O5S/c24-23(25,26)34-19-6-1-15(2-7-19)3-10-21(30)28-11-17-13-29(14-18(17)12-28)22(31)16-4-8-20(9-5-16)35(27,32)33/h1-2,4-9,17-18H,3,10-14H2,(H2,27,32,33)/t17-,18?/m1/s1. The fourth-order valence-electron chi connectivity index (χ4n) is 4.60. The second kappa shape index (κ2) is 9.50. The minimum Gasteiger partial charge on any atom is -0.406 e. The van der Waals surface area contributed by atoms with E-state index in [1.54, 1.807) is 9.80 Å². The van der Waals surface area contributed by atoms with Gasteiger partial charge >= 0.3 is 6.36 Å². The lowest BCUT2D eigenvalue weighted by Gasteiger charge is -2.22.